The van der Waals surface area contributed by atoms with Crippen molar-refractivity contribution in [2.45, 2.75) is 38.8 Å². The number of hydrogen-bond acceptors (Lipinski definition) is 4. The fourth-order valence-electron chi connectivity index (χ4n) is 2.13. The summed E-state index contributed by atoms with van der Waals surface area (Å²) in [5.74, 6) is -1.19. The number of carboxylic acids is 1. The summed E-state index contributed by atoms with van der Waals surface area (Å²) >= 11 is 0. The van der Waals surface area contributed by atoms with Crippen LogP contribution in [0.15, 0.2) is 24.3 Å². The second-order valence-corrected chi connectivity index (χ2v) is 5.51. The molecule has 0 radical (unpaired) electrons. The van der Waals surface area contributed by atoms with Crippen LogP contribution in [-0.2, 0) is 9.59 Å². The SMILES string of the molecule is CC(=O)c1cccc(OC(C)C(=O)NC(C(=O)O)C2CC2)c1. The van der Waals surface area contributed by atoms with Crippen LogP contribution in [0.4, 0.5) is 0 Å². The molecule has 1 aliphatic carbocycles. The highest BCUT2D eigenvalue weighted by molar-refractivity contribution is 5.94. The van der Waals surface area contributed by atoms with Gasteiger partial charge in [-0.3, -0.25) is 9.59 Å². The molecule has 2 atom stereocenters. The minimum Gasteiger partial charge on any atom is -0.481 e. The predicted molar refractivity (Wildman–Crippen MR) is 78.8 cm³/mol. The molecule has 118 valence electrons. The fourth-order valence-corrected chi connectivity index (χ4v) is 2.13. The van der Waals surface area contributed by atoms with Crippen LogP contribution in [0.2, 0.25) is 0 Å². The standard InChI is InChI=1S/C16H19NO5/c1-9(18)12-4-3-5-13(8-12)22-10(2)15(19)17-14(16(20)21)11-6-7-11/h3-5,8,10-11,14H,6-7H2,1-2H3,(H,17,19)(H,20,21). The van der Waals surface area contributed by atoms with E-state index in [1.807, 2.05) is 0 Å². The second-order valence-electron chi connectivity index (χ2n) is 5.51. The molecule has 1 fully saturated rings. The Morgan fingerprint density at radius 1 is 1.32 bits per heavy atom. The Hall–Kier alpha value is -2.37. The molecule has 0 aromatic heterocycles. The molecular formula is C16H19NO5. The lowest BCUT2D eigenvalue weighted by atomic mass is 10.1. The van der Waals surface area contributed by atoms with Crippen LogP contribution < -0.4 is 10.1 Å². The molecule has 2 rings (SSSR count). The van der Waals surface area contributed by atoms with Gasteiger partial charge in [0.15, 0.2) is 11.9 Å². The van der Waals surface area contributed by atoms with E-state index in [1.165, 1.54) is 6.92 Å². The number of rotatable bonds is 7. The molecule has 1 saturated carbocycles. The minimum absolute atomic E-state index is 0.00897. The summed E-state index contributed by atoms with van der Waals surface area (Å²) in [6.07, 6.45) is 0.781. The van der Waals surface area contributed by atoms with Gasteiger partial charge >= 0.3 is 5.97 Å². The van der Waals surface area contributed by atoms with Crippen LogP contribution in [0.5, 0.6) is 5.75 Å². The molecule has 6 nitrogen and oxygen atoms in total. The Labute approximate surface area is 128 Å². The number of nitrogens with one attached hydrogen (secondary N) is 1. The average Bonchev–Trinajstić information content (AvgIpc) is 3.28. The van der Waals surface area contributed by atoms with Crippen LogP contribution in [0.1, 0.15) is 37.0 Å². The number of benzene rings is 1. The zero-order valence-electron chi connectivity index (χ0n) is 12.5. The molecule has 0 spiro atoms. The van der Waals surface area contributed by atoms with E-state index >= 15 is 0 Å². The molecule has 0 bridgehead atoms. The van der Waals surface area contributed by atoms with Gasteiger partial charge in [0.25, 0.3) is 5.91 Å². The van der Waals surface area contributed by atoms with Gasteiger partial charge < -0.3 is 15.2 Å². The molecule has 0 saturated heterocycles. The Kier molecular flexibility index (Phi) is 4.80. The van der Waals surface area contributed by atoms with Crippen LogP contribution in [0.3, 0.4) is 0 Å². The predicted octanol–water partition coefficient (Wildman–Crippen LogP) is 1.64. The quantitative estimate of drug-likeness (QED) is 0.747. The van der Waals surface area contributed by atoms with E-state index in [4.69, 9.17) is 9.84 Å². The van der Waals surface area contributed by atoms with Gasteiger partial charge in [-0.25, -0.2) is 4.79 Å². The summed E-state index contributed by atoms with van der Waals surface area (Å²) < 4.78 is 5.49. The largest absolute Gasteiger partial charge is 0.481 e. The van der Waals surface area contributed by atoms with Crippen LogP contribution in [0, 0.1) is 5.92 Å². The molecular weight excluding hydrogens is 286 g/mol. The highest BCUT2D eigenvalue weighted by Crippen LogP contribution is 2.32. The van der Waals surface area contributed by atoms with Crippen molar-refractivity contribution in [3.63, 3.8) is 0 Å². The van der Waals surface area contributed by atoms with Crippen molar-refractivity contribution in [1.82, 2.24) is 5.32 Å². The molecule has 6 heteroatoms. The summed E-state index contributed by atoms with van der Waals surface area (Å²) in [5, 5.41) is 11.6. The lowest BCUT2D eigenvalue weighted by molar-refractivity contribution is -0.143. The van der Waals surface area contributed by atoms with Crippen molar-refractivity contribution in [2.75, 3.05) is 0 Å². The number of aliphatic carboxylic acids is 1. The third-order valence-electron chi connectivity index (χ3n) is 3.58. The number of carbonyl (C=O) groups excluding carboxylic acids is 2. The second kappa shape index (κ2) is 6.60. The highest BCUT2D eigenvalue weighted by atomic mass is 16.5. The van der Waals surface area contributed by atoms with Gasteiger partial charge in [-0.15, -0.1) is 0 Å². The number of Topliss-reactive ketones (excluding diaryl/α,β-unsaturated/α-hetero) is 1. The van der Waals surface area contributed by atoms with Gasteiger partial charge in [0.2, 0.25) is 0 Å². The van der Waals surface area contributed by atoms with Gasteiger partial charge in [0.05, 0.1) is 0 Å². The van der Waals surface area contributed by atoms with Gasteiger partial charge in [-0.05, 0) is 44.7 Å². The molecule has 0 aliphatic heterocycles. The summed E-state index contributed by atoms with van der Waals surface area (Å²) in [6, 6.07) is 5.67. The number of carboxylic acid groups (broad SMARTS) is 1. The first-order valence-corrected chi connectivity index (χ1v) is 7.19. The molecule has 22 heavy (non-hydrogen) atoms. The van der Waals surface area contributed by atoms with E-state index in [2.05, 4.69) is 5.32 Å². The average molecular weight is 305 g/mol. The van der Waals surface area contributed by atoms with E-state index in [1.54, 1.807) is 31.2 Å². The Balaban J connectivity index is 1.97. The summed E-state index contributed by atoms with van der Waals surface area (Å²) in [7, 11) is 0. The molecule has 2 unspecified atom stereocenters. The first-order chi connectivity index (χ1) is 10.4. The van der Waals surface area contributed by atoms with Crippen LogP contribution in [-0.4, -0.2) is 34.9 Å². The first-order valence-electron chi connectivity index (χ1n) is 7.19. The number of carbonyl (C=O) groups is 3. The molecule has 0 heterocycles. The molecule has 1 aliphatic rings. The Morgan fingerprint density at radius 2 is 2.00 bits per heavy atom. The maximum Gasteiger partial charge on any atom is 0.326 e. The Bertz CT molecular complexity index is 594. The minimum atomic E-state index is -1.03. The van der Waals surface area contributed by atoms with Crippen molar-refractivity contribution < 1.29 is 24.2 Å². The smallest absolute Gasteiger partial charge is 0.326 e. The van der Waals surface area contributed by atoms with Crippen molar-refractivity contribution in [2.24, 2.45) is 5.92 Å². The van der Waals surface area contributed by atoms with E-state index in [0.29, 0.717) is 11.3 Å². The van der Waals surface area contributed by atoms with E-state index in [9.17, 15) is 14.4 Å². The van der Waals surface area contributed by atoms with Crippen molar-refractivity contribution in [3.05, 3.63) is 29.8 Å². The normalized spacial score (nSPS) is 16.5. The van der Waals surface area contributed by atoms with Crippen LogP contribution >= 0.6 is 0 Å². The summed E-state index contributed by atoms with van der Waals surface area (Å²) in [4.78, 5) is 34.5. The lowest BCUT2D eigenvalue weighted by Gasteiger charge is -2.18. The third-order valence-corrected chi connectivity index (χ3v) is 3.58. The lowest BCUT2D eigenvalue weighted by Crippen LogP contribution is -2.47. The fraction of sp³-hybridized carbons (Fsp3) is 0.438. The molecule has 1 aromatic rings. The molecule has 2 N–H and O–H groups in total. The summed E-state index contributed by atoms with van der Waals surface area (Å²) in [6.45, 7) is 2.99. The van der Waals surface area contributed by atoms with Crippen LogP contribution in [0.25, 0.3) is 0 Å². The van der Waals surface area contributed by atoms with Crippen molar-refractivity contribution in [3.8, 4) is 5.75 Å². The first kappa shape index (κ1) is 16.0. The van der Waals surface area contributed by atoms with Gasteiger partial charge in [-0.2, -0.15) is 0 Å². The maximum absolute atomic E-state index is 12.0. The van der Waals surface area contributed by atoms with Gasteiger partial charge in [0, 0.05) is 5.56 Å². The Morgan fingerprint density at radius 3 is 2.55 bits per heavy atom. The van der Waals surface area contributed by atoms with E-state index in [-0.39, 0.29) is 11.7 Å². The topological polar surface area (TPSA) is 92.7 Å². The number of amides is 1. The zero-order chi connectivity index (χ0) is 16.3. The van der Waals surface area contributed by atoms with Crippen molar-refractivity contribution in [1.29, 1.82) is 0 Å². The maximum atomic E-state index is 12.0. The highest BCUT2D eigenvalue weighted by Gasteiger charge is 2.38. The number of hydrogen-bond donors (Lipinski definition) is 2. The number of ketones is 1. The van der Waals surface area contributed by atoms with E-state index < -0.39 is 24.0 Å². The van der Waals surface area contributed by atoms with E-state index in [0.717, 1.165) is 12.8 Å². The van der Waals surface area contributed by atoms with Crippen molar-refractivity contribution >= 4 is 17.7 Å². The zero-order valence-corrected chi connectivity index (χ0v) is 12.5. The van der Waals surface area contributed by atoms with Gasteiger partial charge in [-0.1, -0.05) is 12.1 Å². The number of ether oxygens (including phenoxy) is 1. The summed E-state index contributed by atoms with van der Waals surface area (Å²) in [5.41, 5.74) is 0.492. The monoisotopic (exact) mass is 305 g/mol. The molecule has 1 aromatic carbocycles. The molecule has 1 amide bonds. The van der Waals surface area contributed by atoms with Gasteiger partial charge in [0.1, 0.15) is 11.8 Å². The third kappa shape index (κ3) is 4.07.